The lowest BCUT2D eigenvalue weighted by Crippen LogP contribution is -2.49. The van der Waals surface area contributed by atoms with E-state index in [1.165, 1.54) is 19.3 Å². The molecule has 6 heteroatoms. The third-order valence-corrected chi connectivity index (χ3v) is 6.65. The summed E-state index contributed by atoms with van der Waals surface area (Å²) in [5, 5.41) is 12.9. The molecule has 4 rings (SSSR count). The summed E-state index contributed by atoms with van der Waals surface area (Å²) in [6.45, 7) is 4.93. The lowest BCUT2D eigenvalue weighted by atomic mass is 9.87. The molecule has 1 aliphatic heterocycles. The van der Waals surface area contributed by atoms with Crippen LogP contribution in [0.25, 0.3) is 0 Å². The van der Waals surface area contributed by atoms with Gasteiger partial charge in [-0.25, -0.2) is 0 Å². The summed E-state index contributed by atoms with van der Waals surface area (Å²) in [5.41, 5.74) is 2.10. The number of phenols is 1. The first-order valence-electron chi connectivity index (χ1n) is 11.9. The fourth-order valence-electron chi connectivity index (χ4n) is 4.92. The molecule has 172 valence electrons. The molecule has 6 nitrogen and oxygen atoms in total. The zero-order chi connectivity index (χ0) is 22.3. The van der Waals surface area contributed by atoms with Gasteiger partial charge in [-0.2, -0.15) is 0 Å². The van der Waals surface area contributed by atoms with Crippen molar-refractivity contribution in [2.75, 3.05) is 19.7 Å². The highest BCUT2D eigenvalue weighted by atomic mass is 16.5. The van der Waals surface area contributed by atoms with Crippen molar-refractivity contribution in [3.63, 3.8) is 0 Å². The number of pyridine rings is 1. The second kappa shape index (κ2) is 10.8. The van der Waals surface area contributed by atoms with Crippen molar-refractivity contribution in [1.82, 2.24) is 15.2 Å². The van der Waals surface area contributed by atoms with E-state index >= 15 is 0 Å². The fourth-order valence-corrected chi connectivity index (χ4v) is 4.92. The summed E-state index contributed by atoms with van der Waals surface area (Å²) >= 11 is 0. The maximum Gasteiger partial charge on any atom is 0.224 e. The van der Waals surface area contributed by atoms with Crippen LogP contribution in [0.4, 0.5) is 0 Å². The lowest BCUT2D eigenvalue weighted by Gasteiger charge is -2.38. The Morgan fingerprint density at radius 2 is 1.91 bits per heavy atom. The van der Waals surface area contributed by atoms with Crippen molar-refractivity contribution < 1.29 is 14.6 Å². The van der Waals surface area contributed by atoms with E-state index in [9.17, 15) is 9.90 Å². The molecule has 2 heterocycles. The predicted octanol–water partition coefficient (Wildman–Crippen LogP) is 4.06. The zero-order valence-electron chi connectivity index (χ0n) is 19.0. The number of likely N-dealkylation sites (tertiary alicyclic amines) is 1. The van der Waals surface area contributed by atoms with Crippen molar-refractivity contribution in [2.24, 2.45) is 11.8 Å². The summed E-state index contributed by atoms with van der Waals surface area (Å²) in [6.07, 6.45) is 8.51. The Morgan fingerprint density at radius 1 is 1.12 bits per heavy atom. The van der Waals surface area contributed by atoms with Crippen LogP contribution in [-0.4, -0.2) is 46.6 Å². The smallest absolute Gasteiger partial charge is 0.224 e. The van der Waals surface area contributed by atoms with Gasteiger partial charge >= 0.3 is 0 Å². The number of carbonyl (C=O) groups excluding carboxylic acids is 1. The van der Waals surface area contributed by atoms with Gasteiger partial charge in [0, 0.05) is 37.3 Å². The number of hydrogen-bond acceptors (Lipinski definition) is 5. The number of ether oxygens (including phenoxy) is 1. The molecule has 2 atom stereocenters. The molecule has 1 saturated carbocycles. The molecule has 32 heavy (non-hydrogen) atoms. The molecule has 1 aromatic heterocycles. The molecule has 2 N–H and O–H groups in total. The van der Waals surface area contributed by atoms with Gasteiger partial charge in [-0.15, -0.1) is 0 Å². The van der Waals surface area contributed by atoms with Crippen molar-refractivity contribution in [1.29, 1.82) is 0 Å². The highest BCUT2D eigenvalue weighted by Gasteiger charge is 2.33. The van der Waals surface area contributed by atoms with Crippen LogP contribution in [0.1, 0.15) is 49.8 Å². The molecule has 0 spiro atoms. The van der Waals surface area contributed by atoms with E-state index in [4.69, 9.17) is 4.74 Å². The first kappa shape index (κ1) is 22.6. The monoisotopic (exact) mass is 437 g/mol. The highest BCUT2D eigenvalue weighted by Crippen LogP contribution is 2.26. The Balaban J connectivity index is 1.40. The molecule has 2 fully saturated rings. The number of piperidine rings is 1. The molecule has 0 bridgehead atoms. The van der Waals surface area contributed by atoms with E-state index in [0.717, 1.165) is 55.9 Å². The van der Waals surface area contributed by atoms with Gasteiger partial charge in [-0.1, -0.05) is 31.4 Å². The number of nitrogens with zero attached hydrogens (tertiary/aromatic N) is 2. The molecule has 0 unspecified atom stereocenters. The average Bonchev–Trinajstić information content (AvgIpc) is 2.81. The van der Waals surface area contributed by atoms with Crippen LogP contribution >= 0.6 is 0 Å². The predicted molar refractivity (Wildman–Crippen MR) is 124 cm³/mol. The summed E-state index contributed by atoms with van der Waals surface area (Å²) in [4.78, 5) is 19.8. The van der Waals surface area contributed by atoms with Gasteiger partial charge < -0.3 is 15.2 Å². The number of aromatic hydroxyl groups is 1. The van der Waals surface area contributed by atoms with Gasteiger partial charge in [0.25, 0.3) is 0 Å². The molecule has 1 amide bonds. The molecule has 2 aliphatic rings. The van der Waals surface area contributed by atoms with Gasteiger partial charge in [0.05, 0.1) is 18.7 Å². The molecule has 1 aromatic carbocycles. The average molecular weight is 438 g/mol. The number of carbonyl (C=O) groups is 1. The second-order valence-corrected chi connectivity index (χ2v) is 9.45. The lowest BCUT2D eigenvalue weighted by molar-refractivity contribution is -0.128. The maximum absolute atomic E-state index is 13.1. The third kappa shape index (κ3) is 6.45. The quantitative estimate of drug-likeness (QED) is 0.683. The normalized spacial score (nSPS) is 22.4. The molecule has 1 saturated heterocycles. The maximum atomic E-state index is 13.1. The van der Waals surface area contributed by atoms with Crippen LogP contribution in [-0.2, 0) is 11.3 Å². The van der Waals surface area contributed by atoms with E-state index in [2.05, 4.69) is 15.2 Å². The number of benzene rings is 1. The standard InChI is InChI=1S/C26H35N3O3/c1-19-7-12-25(14-27-19)32-18-21-13-22(26(31)28-23-5-3-2-4-6-23)17-29(16-21)15-20-8-10-24(30)11-9-20/h7-12,14,21-23,30H,2-6,13,15-18H2,1H3,(H,28,31)/t21-,22+/m0/s1. The zero-order valence-corrected chi connectivity index (χ0v) is 19.0. The Labute approximate surface area is 191 Å². The van der Waals surface area contributed by atoms with E-state index in [-0.39, 0.29) is 23.5 Å². The number of phenolic OH excluding ortho intramolecular Hbond substituents is 1. The van der Waals surface area contributed by atoms with Crippen molar-refractivity contribution in [3.8, 4) is 11.5 Å². The largest absolute Gasteiger partial charge is 0.508 e. The van der Waals surface area contributed by atoms with Crippen molar-refractivity contribution in [2.45, 2.75) is 58.0 Å². The van der Waals surface area contributed by atoms with Crippen LogP contribution in [0, 0.1) is 18.8 Å². The first-order chi connectivity index (χ1) is 15.5. The second-order valence-electron chi connectivity index (χ2n) is 9.45. The van der Waals surface area contributed by atoms with E-state index in [1.807, 2.05) is 31.2 Å². The fraction of sp³-hybridized carbons (Fsp3) is 0.538. The number of amides is 1. The summed E-state index contributed by atoms with van der Waals surface area (Å²) in [5.74, 6) is 1.47. The van der Waals surface area contributed by atoms with Gasteiger partial charge in [0.2, 0.25) is 5.91 Å². The number of hydrogen-bond donors (Lipinski definition) is 2. The van der Waals surface area contributed by atoms with Crippen molar-refractivity contribution >= 4 is 5.91 Å². The molecule has 1 aliphatic carbocycles. The Morgan fingerprint density at radius 3 is 2.62 bits per heavy atom. The minimum atomic E-state index is -0.0347. The van der Waals surface area contributed by atoms with E-state index in [0.29, 0.717) is 12.6 Å². The van der Waals surface area contributed by atoms with E-state index in [1.54, 1.807) is 18.3 Å². The van der Waals surface area contributed by atoms with Crippen LogP contribution in [0.3, 0.4) is 0 Å². The SMILES string of the molecule is Cc1ccc(OC[C@H]2C[C@@H](C(=O)NC3CCCCC3)CN(Cc3ccc(O)cc3)C2)cn1. The van der Waals surface area contributed by atoms with Gasteiger partial charge in [0.1, 0.15) is 11.5 Å². The van der Waals surface area contributed by atoms with Gasteiger partial charge in [0.15, 0.2) is 0 Å². The van der Waals surface area contributed by atoms with Crippen LogP contribution in [0.2, 0.25) is 0 Å². The number of nitrogens with one attached hydrogen (secondary N) is 1. The van der Waals surface area contributed by atoms with Crippen LogP contribution in [0.5, 0.6) is 11.5 Å². The number of rotatable bonds is 7. The first-order valence-corrected chi connectivity index (χ1v) is 11.9. The minimum Gasteiger partial charge on any atom is -0.508 e. The highest BCUT2D eigenvalue weighted by molar-refractivity contribution is 5.79. The third-order valence-electron chi connectivity index (χ3n) is 6.65. The Kier molecular flexibility index (Phi) is 7.63. The van der Waals surface area contributed by atoms with Gasteiger partial charge in [-0.3, -0.25) is 14.7 Å². The number of aromatic nitrogens is 1. The molecule has 2 aromatic rings. The topological polar surface area (TPSA) is 74.7 Å². The Hall–Kier alpha value is -2.60. The Bertz CT molecular complexity index is 863. The summed E-state index contributed by atoms with van der Waals surface area (Å²) in [6, 6.07) is 11.6. The molecular formula is C26H35N3O3. The van der Waals surface area contributed by atoms with Gasteiger partial charge in [-0.05, 0) is 56.0 Å². The van der Waals surface area contributed by atoms with Crippen LogP contribution in [0.15, 0.2) is 42.6 Å². The summed E-state index contributed by atoms with van der Waals surface area (Å²) in [7, 11) is 0. The summed E-state index contributed by atoms with van der Waals surface area (Å²) < 4.78 is 6.04. The number of aryl methyl sites for hydroxylation is 1. The molecular weight excluding hydrogens is 402 g/mol. The van der Waals surface area contributed by atoms with E-state index < -0.39 is 0 Å². The molecule has 0 radical (unpaired) electrons. The minimum absolute atomic E-state index is 0.0347. The van der Waals surface area contributed by atoms with Crippen LogP contribution < -0.4 is 10.1 Å². The van der Waals surface area contributed by atoms with Crippen molar-refractivity contribution in [3.05, 3.63) is 53.9 Å².